The summed E-state index contributed by atoms with van der Waals surface area (Å²) in [6.45, 7) is 1.71. The Hall–Kier alpha value is -2.23. The fourth-order valence-corrected chi connectivity index (χ4v) is 3.31. The third kappa shape index (κ3) is 3.76. The summed E-state index contributed by atoms with van der Waals surface area (Å²) < 4.78 is 7.61. The molecule has 2 aromatic rings. The van der Waals surface area contributed by atoms with E-state index >= 15 is 0 Å². The normalized spacial score (nSPS) is 15.6. The standard InChI is InChI=1S/C19H24N2O2/c1-23-18-7-3-2-6-16(18)8-9-19(22)21-14-10-17(11-15-21)20-12-4-5-13-20/h2-7,12-13,17H,8-11,14-15H2,1H3. The van der Waals surface area contributed by atoms with Gasteiger partial charge in [-0.1, -0.05) is 18.2 Å². The highest BCUT2D eigenvalue weighted by Crippen LogP contribution is 2.24. The Morgan fingerprint density at radius 2 is 1.83 bits per heavy atom. The molecule has 0 saturated carbocycles. The van der Waals surface area contributed by atoms with Crippen molar-refractivity contribution in [3.05, 3.63) is 54.4 Å². The summed E-state index contributed by atoms with van der Waals surface area (Å²) in [6.07, 6.45) is 7.59. The van der Waals surface area contributed by atoms with E-state index in [4.69, 9.17) is 4.74 Å². The Balaban J connectivity index is 1.50. The lowest BCUT2D eigenvalue weighted by molar-refractivity contribution is -0.132. The number of carbonyl (C=O) groups is 1. The lowest BCUT2D eigenvalue weighted by atomic mass is 10.0. The summed E-state index contributed by atoms with van der Waals surface area (Å²) >= 11 is 0. The molecule has 4 nitrogen and oxygen atoms in total. The van der Waals surface area contributed by atoms with Crippen LogP contribution < -0.4 is 4.74 Å². The lowest BCUT2D eigenvalue weighted by Crippen LogP contribution is -2.39. The molecule has 4 heteroatoms. The van der Waals surface area contributed by atoms with Gasteiger partial charge in [-0.15, -0.1) is 0 Å². The van der Waals surface area contributed by atoms with Gasteiger partial charge in [0.1, 0.15) is 5.75 Å². The van der Waals surface area contributed by atoms with E-state index in [0.29, 0.717) is 12.5 Å². The van der Waals surface area contributed by atoms with Gasteiger partial charge in [0.05, 0.1) is 7.11 Å². The van der Waals surface area contributed by atoms with Gasteiger partial charge in [0.25, 0.3) is 0 Å². The van der Waals surface area contributed by atoms with Crippen LogP contribution in [0.25, 0.3) is 0 Å². The number of hydrogen-bond acceptors (Lipinski definition) is 2. The third-order valence-electron chi connectivity index (χ3n) is 4.67. The van der Waals surface area contributed by atoms with Crippen molar-refractivity contribution in [1.29, 1.82) is 0 Å². The molecule has 23 heavy (non-hydrogen) atoms. The molecule has 0 spiro atoms. The molecule has 0 atom stereocenters. The molecule has 0 N–H and O–H groups in total. The zero-order valence-corrected chi connectivity index (χ0v) is 13.6. The minimum atomic E-state index is 0.252. The van der Waals surface area contributed by atoms with Crippen molar-refractivity contribution in [3.8, 4) is 5.75 Å². The second-order valence-electron chi connectivity index (χ2n) is 6.05. The number of aryl methyl sites for hydroxylation is 1. The molecule has 0 aliphatic carbocycles. The molecule has 1 aromatic heterocycles. The quantitative estimate of drug-likeness (QED) is 0.849. The molecule has 3 rings (SSSR count). The van der Waals surface area contributed by atoms with Crippen LogP contribution >= 0.6 is 0 Å². The van der Waals surface area contributed by atoms with Crippen LogP contribution in [-0.4, -0.2) is 35.6 Å². The molecule has 2 heterocycles. The van der Waals surface area contributed by atoms with Crippen molar-refractivity contribution in [3.63, 3.8) is 0 Å². The summed E-state index contributed by atoms with van der Waals surface area (Å²) in [7, 11) is 1.67. The molecule has 122 valence electrons. The third-order valence-corrected chi connectivity index (χ3v) is 4.67. The monoisotopic (exact) mass is 312 g/mol. The number of benzene rings is 1. The smallest absolute Gasteiger partial charge is 0.222 e. The van der Waals surface area contributed by atoms with Crippen molar-refractivity contribution < 1.29 is 9.53 Å². The molecule has 1 aliphatic rings. The first-order chi connectivity index (χ1) is 11.3. The maximum Gasteiger partial charge on any atom is 0.222 e. The SMILES string of the molecule is COc1ccccc1CCC(=O)N1CCC(n2cccc2)CC1. The highest BCUT2D eigenvalue weighted by molar-refractivity contribution is 5.76. The van der Waals surface area contributed by atoms with Crippen LogP contribution in [0.15, 0.2) is 48.8 Å². The van der Waals surface area contributed by atoms with Gasteiger partial charge in [-0.2, -0.15) is 0 Å². The molecular formula is C19H24N2O2. The van der Waals surface area contributed by atoms with E-state index in [9.17, 15) is 4.79 Å². The van der Waals surface area contributed by atoms with Crippen molar-refractivity contribution in [1.82, 2.24) is 9.47 Å². The van der Waals surface area contributed by atoms with E-state index in [-0.39, 0.29) is 5.91 Å². The Morgan fingerprint density at radius 3 is 2.52 bits per heavy atom. The van der Waals surface area contributed by atoms with Crippen LogP contribution in [0.3, 0.4) is 0 Å². The lowest BCUT2D eigenvalue weighted by Gasteiger charge is -2.33. The average molecular weight is 312 g/mol. The predicted molar refractivity (Wildman–Crippen MR) is 90.6 cm³/mol. The van der Waals surface area contributed by atoms with Gasteiger partial charge >= 0.3 is 0 Å². The first-order valence-corrected chi connectivity index (χ1v) is 8.30. The van der Waals surface area contributed by atoms with Crippen molar-refractivity contribution >= 4 is 5.91 Å². The molecular weight excluding hydrogens is 288 g/mol. The molecule has 0 bridgehead atoms. The van der Waals surface area contributed by atoms with Crippen LogP contribution in [0.2, 0.25) is 0 Å². The van der Waals surface area contributed by atoms with Crippen LogP contribution in [-0.2, 0) is 11.2 Å². The van der Waals surface area contributed by atoms with Gasteiger partial charge in [0, 0.05) is 37.9 Å². The zero-order chi connectivity index (χ0) is 16.1. The molecule has 1 amide bonds. The molecule has 0 unspecified atom stereocenters. The number of methoxy groups -OCH3 is 1. The number of nitrogens with zero attached hydrogens (tertiary/aromatic N) is 2. The van der Waals surface area contributed by atoms with Crippen molar-refractivity contribution in [2.75, 3.05) is 20.2 Å². The van der Waals surface area contributed by atoms with Crippen molar-refractivity contribution in [2.24, 2.45) is 0 Å². The maximum absolute atomic E-state index is 12.4. The van der Waals surface area contributed by atoms with Gasteiger partial charge in [0.15, 0.2) is 0 Å². The van der Waals surface area contributed by atoms with Gasteiger partial charge in [-0.25, -0.2) is 0 Å². The fourth-order valence-electron chi connectivity index (χ4n) is 3.31. The van der Waals surface area contributed by atoms with Gasteiger partial charge in [-0.05, 0) is 43.0 Å². The highest BCUT2D eigenvalue weighted by Gasteiger charge is 2.23. The molecule has 1 aromatic carbocycles. The van der Waals surface area contributed by atoms with E-state index in [1.807, 2.05) is 29.2 Å². The van der Waals surface area contributed by atoms with Crippen LogP contribution in [0, 0.1) is 0 Å². The number of amides is 1. The highest BCUT2D eigenvalue weighted by atomic mass is 16.5. The second-order valence-corrected chi connectivity index (χ2v) is 6.05. The van der Waals surface area contributed by atoms with E-state index in [0.717, 1.165) is 43.7 Å². The summed E-state index contributed by atoms with van der Waals surface area (Å²) in [5, 5.41) is 0. The Labute approximate surface area is 137 Å². The summed E-state index contributed by atoms with van der Waals surface area (Å²) in [4.78, 5) is 14.5. The minimum Gasteiger partial charge on any atom is -0.496 e. The molecule has 1 aliphatic heterocycles. The van der Waals surface area contributed by atoms with Crippen LogP contribution in [0.1, 0.15) is 30.9 Å². The summed E-state index contributed by atoms with van der Waals surface area (Å²) in [5.41, 5.74) is 1.10. The van der Waals surface area contributed by atoms with Crippen molar-refractivity contribution in [2.45, 2.75) is 31.7 Å². The Morgan fingerprint density at radius 1 is 1.13 bits per heavy atom. The number of carbonyl (C=O) groups excluding carboxylic acids is 1. The maximum atomic E-state index is 12.4. The number of para-hydroxylation sites is 1. The van der Waals surface area contributed by atoms with Crippen LogP contribution in [0.4, 0.5) is 0 Å². The topological polar surface area (TPSA) is 34.5 Å². The van der Waals surface area contributed by atoms with E-state index in [2.05, 4.69) is 29.1 Å². The first kappa shape index (κ1) is 15.7. The van der Waals surface area contributed by atoms with E-state index in [1.54, 1.807) is 7.11 Å². The number of piperidine rings is 1. The number of ether oxygens (including phenoxy) is 1. The Bertz CT molecular complexity index is 629. The molecule has 0 radical (unpaired) electrons. The first-order valence-electron chi connectivity index (χ1n) is 8.30. The Kier molecular flexibility index (Phi) is 5.01. The summed E-state index contributed by atoms with van der Waals surface area (Å²) in [6, 6.07) is 12.6. The molecule has 1 fully saturated rings. The second kappa shape index (κ2) is 7.36. The molecule has 1 saturated heterocycles. The number of aromatic nitrogens is 1. The fraction of sp³-hybridized carbons (Fsp3) is 0.421. The number of rotatable bonds is 5. The van der Waals surface area contributed by atoms with Gasteiger partial charge in [-0.3, -0.25) is 4.79 Å². The van der Waals surface area contributed by atoms with Gasteiger partial charge < -0.3 is 14.2 Å². The summed E-state index contributed by atoms with van der Waals surface area (Å²) in [5.74, 6) is 1.12. The predicted octanol–water partition coefficient (Wildman–Crippen LogP) is 3.29. The zero-order valence-electron chi connectivity index (χ0n) is 13.6. The average Bonchev–Trinajstić information content (AvgIpc) is 3.14. The van der Waals surface area contributed by atoms with E-state index in [1.165, 1.54) is 0 Å². The van der Waals surface area contributed by atoms with Crippen LogP contribution in [0.5, 0.6) is 5.75 Å². The van der Waals surface area contributed by atoms with E-state index < -0.39 is 0 Å². The number of hydrogen-bond donors (Lipinski definition) is 0. The number of likely N-dealkylation sites (tertiary alicyclic amines) is 1. The van der Waals surface area contributed by atoms with Gasteiger partial charge in [0.2, 0.25) is 5.91 Å². The minimum absolute atomic E-state index is 0.252. The largest absolute Gasteiger partial charge is 0.496 e.